The maximum absolute atomic E-state index is 12.9. The Balaban J connectivity index is 2.00. The van der Waals surface area contributed by atoms with E-state index in [9.17, 15) is 4.79 Å². The molecule has 6 heteroatoms. The van der Waals surface area contributed by atoms with Gasteiger partial charge in [-0.25, -0.2) is 4.98 Å². The monoisotopic (exact) mass is 396 g/mol. The molecule has 2 aromatic carbocycles. The molecule has 0 atom stereocenters. The minimum atomic E-state index is -0.208. The van der Waals surface area contributed by atoms with Crippen molar-refractivity contribution < 1.29 is 9.53 Å². The number of ether oxygens (including phenoxy) is 1. The summed E-state index contributed by atoms with van der Waals surface area (Å²) in [5.41, 5.74) is 2.28. The first kappa shape index (κ1) is 19.1. The molecule has 0 unspecified atom stereocenters. The molecule has 1 heterocycles. The van der Waals surface area contributed by atoms with Crippen molar-refractivity contribution in [1.29, 1.82) is 0 Å². The predicted molar refractivity (Wildman–Crippen MR) is 112 cm³/mol. The molecule has 0 fully saturated rings. The van der Waals surface area contributed by atoms with E-state index >= 15 is 0 Å². The number of thioether (sulfide) groups is 1. The summed E-state index contributed by atoms with van der Waals surface area (Å²) in [6.07, 6.45) is 8.62. The Bertz CT molecular complexity index is 1030. The quantitative estimate of drug-likeness (QED) is 0.327. The van der Waals surface area contributed by atoms with Crippen LogP contribution in [0.2, 0.25) is 5.02 Å². The minimum absolute atomic E-state index is 0.208. The number of imidazole rings is 1. The zero-order chi connectivity index (χ0) is 19.2. The molecule has 3 rings (SSSR count). The molecule has 136 valence electrons. The fraction of sp³-hybridized carbons (Fsp3) is 0.143. The number of carbonyl (C=O) groups excluding carboxylic acids is 1. The van der Waals surface area contributed by atoms with Crippen LogP contribution in [0.3, 0.4) is 0 Å². The van der Waals surface area contributed by atoms with E-state index in [1.165, 1.54) is 17.8 Å². The number of fused-ring (bicyclic) bond motifs is 1. The van der Waals surface area contributed by atoms with Crippen LogP contribution in [0.4, 0.5) is 0 Å². The summed E-state index contributed by atoms with van der Waals surface area (Å²) in [7, 11) is 0. The molecule has 0 aliphatic carbocycles. The summed E-state index contributed by atoms with van der Waals surface area (Å²) in [4.78, 5) is 17.5. The van der Waals surface area contributed by atoms with Gasteiger partial charge in [-0.3, -0.25) is 9.36 Å². The molecule has 3 aromatic rings. The summed E-state index contributed by atoms with van der Waals surface area (Å²) in [6.45, 7) is 2.46. The minimum Gasteiger partial charge on any atom is -0.494 e. The van der Waals surface area contributed by atoms with Crippen molar-refractivity contribution in [2.45, 2.75) is 12.1 Å². The first-order valence-electron chi connectivity index (χ1n) is 8.32. The third-order valence-corrected chi connectivity index (χ3v) is 4.79. The number of nitrogens with zero attached hydrogens (tertiary/aromatic N) is 2. The normalized spacial score (nSPS) is 11.0. The molecule has 0 saturated heterocycles. The Kier molecular flexibility index (Phi) is 6.23. The van der Waals surface area contributed by atoms with Crippen LogP contribution in [0.25, 0.3) is 17.1 Å². The van der Waals surface area contributed by atoms with E-state index in [2.05, 4.69) is 10.9 Å². The smallest absolute Gasteiger partial charge is 0.257 e. The van der Waals surface area contributed by atoms with Gasteiger partial charge in [-0.05, 0) is 42.8 Å². The van der Waals surface area contributed by atoms with Crippen molar-refractivity contribution in [3.05, 3.63) is 59.1 Å². The first-order chi connectivity index (χ1) is 13.1. The van der Waals surface area contributed by atoms with Crippen molar-refractivity contribution >= 4 is 46.4 Å². The van der Waals surface area contributed by atoms with Crippen molar-refractivity contribution in [1.82, 2.24) is 9.55 Å². The number of allylic oxidation sites excluding steroid dienone is 1. The van der Waals surface area contributed by atoms with Gasteiger partial charge in [0.2, 0.25) is 0 Å². The summed E-state index contributed by atoms with van der Waals surface area (Å²) >= 11 is 7.24. The number of carbonyl (C=O) groups is 1. The second-order valence-corrected chi connectivity index (χ2v) is 6.91. The van der Waals surface area contributed by atoms with Crippen LogP contribution in [0.5, 0.6) is 5.75 Å². The van der Waals surface area contributed by atoms with Crippen molar-refractivity contribution in [2.75, 3.05) is 12.4 Å². The Morgan fingerprint density at radius 1 is 1.33 bits per heavy atom. The van der Waals surface area contributed by atoms with E-state index in [1.807, 2.05) is 37.3 Å². The van der Waals surface area contributed by atoms with Crippen LogP contribution in [0.1, 0.15) is 17.3 Å². The lowest BCUT2D eigenvalue weighted by Gasteiger charge is -2.06. The third-order valence-electron chi connectivity index (χ3n) is 3.70. The fourth-order valence-electron chi connectivity index (χ4n) is 2.52. The number of benzene rings is 2. The number of hydrogen-bond donors (Lipinski definition) is 0. The van der Waals surface area contributed by atoms with Gasteiger partial charge in [0.15, 0.2) is 5.16 Å². The van der Waals surface area contributed by atoms with Crippen LogP contribution < -0.4 is 4.74 Å². The fourth-order valence-corrected chi connectivity index (χ4v) is 3.34. The number of hydrogen-bond acceptors (Lipinski definition) is 4. The standard InChI is InChI=1S/C21H17ClN2O2S/c1-3-13-27-21-23-18-11-10-17(26-4-2)14-19(18)24(21)20(25)12-7-15-5-8-16(22)9-6-15/h1,5-12,14H,4,13H2,2H3. The molecule has 4 nitrogen and oxygen atoms in total. The highest BCUT2D eigenvalue weighted by molar-refractivity contribution is 7.99. The third kappa shape index (κ3) is 4.54. The Labute approximate surface area is 167 Å². The Morgan fingerprint density at radius 2 is 2.11 bits per heavy atom. The van der Waals surface area contributed by atoms with Crippen molar-refractivity contribution in [2.24, 2.45) is 0 Å². The van der Waals surface area contributed by atoms with Crippen LogP contribution >= 0.6 is 23.4 Å². The van der Waals surface area contributed by atoms with Crippen molar-refractivity contribution in [3.63, 3.8) is 0 Å². The SMILES string of the molecule is C#CCSc1nc2ccc(OCC)cc2n1C(=O)C=Cc1ccc(Cl)cc1. The summed E-state index contributed by atoms with van der Waals surface area (Å²) in [5.74, 6) is 3.47. The predicted octanol–water partition coefficient (Wildman–Crippen LogP) is 5.17. The average Bonchev–Trinajstić information content (AvgIpc) is 3.03. The van der Waals surface area contributed by atoms with Crippen molar-refractivity contribution in [3.8, 4) is 18.1 Å². The molecule has 27 heavy (non-hydrogen) atoms. The van der Waals surface area contributed by atoms with Gasteiger partial charge in [0.05, 0.1) is 23.4 Å². The molecule has 0 bridgehead atoms. The molecular weight excluding hydrogens is 380 g/mol. The average molecular weight is 397 g/mol. The number of aromatic nitrogens is 2. The number of halogens is 1. The van der Waals surface area contributed by atoms with E-state index in [0.29, 0.717) is 39.3 Å². The van der Waals surface area contributed by atoms with E-state index in [0.717, 1.165) is 5.56 Å². The summed E-state index contributed by atoms with van der Waals surface area (Å²) in [5, 5.41) is 1.21. The molecule has 0 N–H and O–H groups in total. The van der Waals surface area contributed by atoms with E-state index < -0.39 is 0 Å². The number of terminal acetylenes is 1. The molecule has 0 amide bonds. The zero-order valence-corrected chi connectivity index (χ0v) is 16.3. The largest absolute Gasteiger partial charge is 0.494 e. The van der Waals surface area contributed by atoms with E-state index in [-0.39, 0.29) is 5.91 Å². The Hall–Kier alpha value is -2.68. The lowest BCUT2D eigenvalue weighted by molar-refractivity contribution is 0.0965. The second kappa shape index (κ2) is 8.81. The maximum Gasteiger partial charge on any atom is 0.257 e. The lowest BCUT2D eigenvalue weighted by atomic mass is 10.2. The van der Waals surface area contributed by atoms with Crippen LogP contribution in [0, 0.1) is 12.3 Å². The van der Waals surface area contributed by atoms with Gasteiger partial charge in [0, 0.05) is 17.2 Å². The van der Waals surface area contributed by atoms with Gasteiger partial charge in [0.25, 0.3) is 5.91 Å². The molecule has 0 radical (unpaired) electrons. The molecule has 0 saturated carbocycles. The zero-order valence-electron chi connectivity index (χ0n) is 14.7. The van der Waals surface area contributed by atoms with Gasteiger partial charge in [-0.15, -0.1) is 6.42 Å². The second-order valence-electron chi connectivity index (χ2n) is 5.53. The van der Waals surface area contributed by atoms with Crippen LogP contribution in [0.15, 0.2) is 53.7 Å². The molecule has 0 aliphatic heterocycles. The molecular formula is C21H17ClN2O2S. The lowest BCUT2D eigenvalue weighted by Crippen LogP contribution is -2.09. The van der Waals surface area contributed by atoms with Gasteiger partial charge in [0.1, 0.15) is 5.75 Å². The topological polar surface area (TPSA) is 44.1 Å². The van der Waals surface area contributed by atoms with Gasteiger partial charge in [-0.1, -0.05) is 41.4 Å². The number of rotatable bonds is 6. The Morgan fingerprint density at radius 3 is 2.81 bits per heavy atom. The van der Waals surface area contributed by atoms with Crippen LogP contribution in [-0.2, 0) is 0 Å². The van der Waals surface area contributed by atoms with E-state index in [1.54, 1.807) is 22.8 Å². The summed E-state index contributed by atoms with van der Waals surface area (Å²) in [6, 6.07) is 12.7. The van der Waals surface area contributed by atoms with Gasteiger partial charge < -0.3 is 4.74 Å². The summed E-state index contributed by atoms with van der Waals surface area (Å²) < 4.78 is 7.12. The highest BCUT2D eigenvalue weighted by Crippen LogP contribution is 2.27. The van der Waals surface area contributed by atoms with E-state index in [4.69, 9.17) is 22.8 Å². The van der Waals surface area contributed by atoms with Gasteiger partial charge >= 0.3 is 0 Å². The molecule has 1 aromatic heterocycles. The van der Waals surface area contributed by atoms with Crippen LogP contribution in [-0.4, -0.2) is 27.8 Å². The maximum atomic E-state index is 12.9. The highest BCUT2D eigenvalue weighted by atomic mass is 35.5. The first-order valence-corrected chi connectivity index (χ1v) is 9.68. The molecule has 0 spiro atoms. The molecule has 0 aliphatic rings. The van der Waals surface area contributed by atoms with Gasteiger partial charge in [-0.2, -0.15) is 0 Å². The highest BCUT2D eigenvalue weighted by Gasteiger charge is 2.16.